The summed E-state index contributed by atoms with van der Waals surface area (Å²) in [5.74, 6) is 1.30. The van der Waals surface area contributed by atoms with E-state index in [-0.39, 0.29) is 11.5 Å². The Morgan fingerprint density at radius 1 is 1.31 bits per heavy atom. The van der Waals surface area contributed by atoms with Crippen molar-refractivity contribution in [3.05, 3.63) is 22.8 Å². The first-order valence-corrected chi connectivity index (χ1v) is 11.1. The number of rotatable bonds is 2. The average Bonchev–Trinajstić information content (AvgIpc) is 2.99. The van der Waals surface area contributed by atoms with Gasteiger partial charge in [0.2, 0.25) is 0 Å². The molecule has 2 aliphatic rings. The molecule has 1 aliphatic heterocycles. The molecule has 1 spiro atoms. The molecule has 2 fully saturated rings. The topological polar surface area (TPSA) is 56.6 Å². The van der Waals surface area contributed by atoms with Gasteiger partial charge < -0.3 is 14.4 Å². The second-order valence-corrected chi connectivity index (χ2v) is 10.6. The van der Waals surface area contributed by atoms with Gasteiger partial charge in [0.25, 0.3) is 0 Å². The van der Waals surface area contributed by atoms with Crippen molar-refractivity contribution >= 4 is 32.9 Å². The van der Waals surface area contributed by atoms with Crippen LogP contribution in [0.2, 0.25) is 0 Å². The number of hydrogen-bond acceptors (Lipinski definition) is 4. The summed E-state index contributed by atoms with van der Waals surface area (Å²) in [5, 5.41) is 5.96. The van der Waals surface area contributed by atoms with Crippen LogP contribution < -0.4 is 4.74 Å². The number of ether oxygens (including phenoxy) is 2. The maximum Gasteiger partial charge on any atom is 0.410 e. The van der Waals surface area contributed by atoms with E-state index in [9.17, 15) is 4.79 Å². The van der Waals surface area contributed by atoms with Crippen LogP contribution in [-0.2, 0) is 4.74 Å². The Labute approximate surface area is 180 Å². The molecule has 29 heavy (non-hydrogen) atoms. The third-order valence-corrected chi connectivity index (χ3v) is 6.84. The molecule has 158 valence electrons. The Kier molecular flexibility index (Phi) is 5.08. The minimum Gasteiger partial charge on any atom is -0.495 e. The fourth-order valence-electron chi connectivity index (χ4n) is 4.93. The first-order chi connectivity index (χ1) is 13.6. The third kappa shape index (κ3) is 3.98. The molecule has 0 unspecified atom stereocenters. The van der Waals surface area contributed by atoms with Crippen molar-refractivity contribution in [1.82, 2.24) is 14.7 Å². The van der Waals surface area contributed by atoms with Gasteiger partial charge in [-0.1, -0.05) is 6.92 Å². The summed E-state index contributed by atoms with van der Waals surface area (Å²) in [6.07, 6.45) is 5.27. The Morgan fingerprint density at radius 3 is 2.66 bits per heavy atom. The smallest absolute Gasteiger partial charge is 0.410 e. The van der Waals surface area contributed by atoms with Crippen LogP contribution in [-0.4, -0.2) is 46.6 Å². The Bertz CT molecular complexity index is 927. The van der Waals surface area contributed by atoms with Gasteiger partial charge in [0.1, 0.15) is 11.4 Å². The second kappa shape index (κ2) is 7.18. The van der Waals surface area contributed by atoms with Crippen LogP contribution in [0.1, 0.15) is 53.0 Å². The van der Waals surface area contributed by atoms with Gasteiger partial charge in [0, 0.05) is 36.2 Å². The molecule has 1 saturated carbocycles. The minimum absolute atomic E-state index is 0.184. The molecule has 0 N–H and O–H groups in total. The molecule has 1 amide bonds. The van der Waals surface area contributed by atoms with Gasteiger partial charge in [-0.05, 0) is 67.9 Å². The molecule has 0 radical (unpaired) electrons. The highest BCUT2D eigenvalue weighted by Gasteiger charge is 2.50. The van der Waals surface area contributed by atoms with E-state index >= 15 is 0 Å². The largest absolute Gasteiger partial charge is 0.495 e. The van der Waals surface area contributed by atoms with Crippen LogP contribution >= 0.6 is 15.9 Å². The van der Waals surface area contributed by atoms with Crippen LogP contribution in [0.25, 0.3) is 10.9 Å². The quantitative estimate of drug-likeness (QED) is 0.597. The second-order valence-electron chi connectivity index (χ2n) is 9.78. The fraction of sp³-hybridized carbons (Fsp3) is 0.636. The van der Waals surface area contributed by atoms with Gasteiger partial charge in [0.05, 0.1) is 23.1 Å². The highest BCUT2D eigenvalue weighted by molar-refractivity contribution is 9.10. The summed E-state index contributed by atoms with van der Waals surface area (Å²) in [5.41, 5.74) is 0.758. The molecule has 2 heterocycles. The SMILES string of the molecule is COc1cc2nn([C@H]3CCC4(C[C@@H]3C)CN(C(=O)OC(C)(C)C)C4)cc2cc1Br. The lowest BCUT2D eigenvalue weighted by Gasteiger charge is -2.54. The van der Waals surface area contributed by atoms with Crippen LogP contribution in [0, 0.1) is 11.3 Å². The van der Waals surface area contributed by atoms with E-state index in [4.69, 9.17) is 14.6 Å². The average molecular weight is 464 g/mol. The number of aromatic nitrogens is 2. The first kappa shape index (κ1) is 20.5. The number of methoxy groups -OCH3 is 1. The number of halogens is 1. The van der Waals surface area contributed by atoms with Gasteiger partial charge in [0.15, 0.2) is 0 Å². The van der Waals surface area contributed by atoms with E-state index in [0.29, 0.717) is 12.0 Å². The van der Waals surface area contributed by atoms with Gasteiger partial charge in [-0.15, -0.1) is 0 Å². The zero-order valence-electron chi connectivity index (χ0n) is 17.9. The number of likely N-dealkylation sites (tertiary alicyclic amines) is 1. The van der Waals surface area contributed by atoms with E-state index in [2.05, 4.69) is 39.8 Å². The Hall–Kier alpha value is -1.76. The minimum atomic E-state index is -0.440. The molecule has 1 aromatic carbocycles. The van der Waals surface area contributed by atoms with Gasteiger partial charge in [-0.2, -0.15) is 5.10 Å². The van der Waals surface area contributed by atoms with E-state index in [0.717, 1.165) is 53.5 Å². The zero-order chi connectivity index (χ0) is 21.0. The molecular formula is C22H30BrN3O3. The van der Waals surface area contributed by atoms with Gasteiger partial charge in [-0.25, -0.2) is 4.79 Å². The maximum absolute atomic E-state index is 12.3. The lowest BCUT2D eigenvalue weighted by molar-refractivity contribution is -0.0648. The monoisotopic (exact) mass is 463 g/mol. The number of amides is 1. The zero-order valence-corrected chi connectivity index (χ0v) is 19.5. The molecule has 7 heteroatoms. The van der Waals surface area contributed by atoms with Crippen LogP contribution in [0.15, 0.2) is 22.8 Å². The molecule has 1 aliphatic carbocycles. The summed E-state index contributed by atoms with van der Waals surface area (Å²) in [6, 6.07) is 4.43. The van der Waals surface area contributed by atoms with E-state index in [1.807, 2.05) is 31.7 Å². The Balaban J connectivity index is 1.43. The summed E-state index contributed by atoms with van der Waals surface area (Å²) >= 11 is 3.56. The van der Waals surface area contributed by atoms with E-state index in [1.165, 1.54) is 0 Å². The lowest BCUT2D eigenvalue weighted by Crippen LogP contribution is -2.61. The first-order valence-electron chi connectivity index (χ1n) is 10.3. The molecule has 1 aromatic heterocycles. The number of hydrogen-bond donors (Lipinski definition) is 0. The van der Waals surface area contributed by atoms with Crippen molar-refractivity contribution in [3.8, 4) is 5.75 Å². The Morgan fingerprint density at radius 2 is 2.03 bits per heavy atom. The molecule has 2 atom stereocenters. The molecule has 6 nitrogen and oxygen atoms in total. The summed E-state index contributed by atoms with van der Waals surface area (Å²) < 4.78 is 14.0. The number of carbonyl (C=O) groups is 1. The summed E-state index contributed by atoms with van der Waals surface area (Å²) in [4.78, 5) is 14.1. The molecule has 2 aromatic rings. The van der Waals surface area contributed by atoms with E-state index in [1.54, 1.807) is 7.11 Å². The number of carbonyl (C=O) groups excluding carboxylic acids is 1. The molecule has 0 bridgehead atoms. The highest BCUT2D eigenvalue weighted by atomic mass is 79.9. The normalized spacial score (nSPS) is 23.9. The van der Waals surface area contributed by atoms with Gasteiger partial charge in [-0.3, -0.25) is 4.68 Å². The van der Waals surface area contributed by atoms with Crippen molar-refractivity contribution < 1.29 is 14.3 Å². The molecule has 4 rings (SSSR count). The standard InChI is InChI=1S/C22H30BrN3O3/c1-14-10-22(12-25(13-22)20(27)29-21(2,3)4)7-6-18(14)26-11-15-8-16(23)19(28-5)9-17(15)24-26/h8-9,11,14,18H,6-7,10,12-13H2,1-5H3/t14-,18-/m0/s1. The van der Waals surface area contributed by atoms with Crippen LogP contribution in [0.5, 0.6) is 5.75 Å². The van der Waals surface area contributed by atoms with Gasteiger partial charge >= 0.3 is 6.09 Å². The van der Waals surface area contributed by atoms with Crippen molar-refractivity contribution in [2.75, 3.05) is 20.2 Å². The highest BCUT2D eigenvalue weighted by Crippen LogP contribution is 2.49. The summed E-state index contributed by atoms with van der Waals surface area (Å²) in [7, 11) is 1.67. The predicted octanol–water partition coefficient (Wildman–Crippen LogP) is 5.41. The number of nitrogens with zero attached hydrogens (tertiary/aromatic N) is 3. The van der Waals surface area contributed by atoms with Crippen molar-refractivity contribution in [2.45, 2.75) is 58.6 Å². The maximum atomic E-state index is 12.3. The third-order valence-electron chi connectivity index (χ3n) is 6.22. The fourth-order valence-corrected chi connectivity index (χ4v) is 5.45. The summed E-state index contributed by atoms with van der Waals surface area (Å²) in [6.45, 7) is 9.67. The molecular weight excluding hydrogens is 434 g/mol. The molecule has 1 saturated heterocycles. The van der Waals surface area contributed by atoms with E-state index < -0.39 is 5.60 Å². The van der Waals surface area contributed by atoms with Crippen molar-refractivity contribution in [2.24, 2.45) is 11.3 Å². The number of fused-ring (bicyclic) bond motifs is 1. The van der Waals surface area contributed by atoms with Crippen LogP contribution in [0.4, 0.5) is 4.79 Å². The van der Waals surface area contributed by atoms with Crippen molar-refractivity contribution in [3.63, 3.8) is 0 Å². The van der Waals surface area contributed by atoms with Crippen molar-refractivity contribution in [1.29, 1.82) is 0 Å². The number of benzene rings is 1. The lowest BCUT2D eigenvalue weighted by atomic mass is 9.64. The van der Waals surface area contributed by atoms with Crippen LogP contribution in [0.3, 0.4) is 0 Å². The predicted molar refractivity (Wildman–Crippen MR) is 116 cm³/mol.